The topological polar surface area (TPSA) is 78.3 Å². The highest BCUT2D eigenvalue weighted by Crippen LogP contribution is 2.22. The lowest BCUT2D eigenvalue weighted by Crippen LogP contribution is -2.49. The number of alkyl halides is 1. The predicted octanol–water partition coefficient (Wildman–Crippen LogP) is 0.903. The lowest BCUT2D eigenvalue weighted by atomic mass is 9.99. The Labute approximate surface area is 100 Å². The van der Waals surface area contributed by atoms with Crippen LogP contribution in [-0.4, -0.2) is 23.6 Å². The van der Waals surface area contributed by atoms with Crippen LogP contribution in [0.25, 0.3) is 0 Å². The Hall–Kier alpha value is -0.840. The Morgan fingerprint density at radius 2 is 2.31 bits per heavy atom. The minimum absolute atomic E-state index is 0.299. The van der Waals surface area contributed by atoms with Crippen LogP contribution in [0.15, 0.2) is 23.8 Å². The third-order valence-electron chi connectivity index (χ3n) is 2.17. The molecular weight excluding hydrogens is 228 g/mol. The first-order chi connectivity index (χ1) is 7.33. The summed E-state index contributed by atoms with van der Waals surface area (Å²) in [5.74, 6) is -0.0972. The molecule has 2 unspecified atom stereocenters. The average molecular weight is 245 g/mol. The van der Waals surface area contributed by atoms with Crippen LogP contribution in [-0.2, 0) is 9.53 Å². The molecule has 0 aromatic carbocycles. The molecule has 0 saturated heterocycles. The van der Waals surface area contributed by atoms with Gasteiger partial charge < -0.3 is 16.2 Å². The summed E-state index contributed by atoms with van der Waals surface area (Å²) in [6.45, 7) is 4.31. The minimum Gasteiger partial charge on any atom is -0.462 e. The second-order valence-electron chi connectivity index (χ2n) is 4.30. The summed E-state index contributed by atoms with van der Waals surface area (Å²) in [4.78, 5) is 10.5. The van der Waals surface area contributed by atoms with Gasteiger partial charge in [-0.05, 0) is 24.1 Å². The molecule has 1 rings (SSSR count). The van der Waals surface area contributed by atoms with Crippen LogP contribution in [0.2, 0.25) is 0 Å². The van der Waals surface area contributed by atoms with Gasteiger partial charge in [-0.25, -0.2) is 4.79 Å². The van der Waals surface area contributed by atoms with E-state index in [0.29, 0.717) is 18.1 Å². The fourth-order valence-corrected chi connectivity index (χ4v) is 1.29. The summed E-state index contributed by atoms with van der Waals surface area (Å²) in [5.41, 5.74) is 11.8. The molecule has 0 aromatic heterocycles. The first-order valence-electron chi connectivity index (χ1n) is 5.14. The van der Waals surface area contributed by atoms with Gasteiger partial charge in [0.2, 0.25) is 0 Å². The minimum atomic E-state index is -1.12. The largest absolute Gasteiger partial charge is 0.462 e. The van der Waals surface area contributed by atoms with Gasteiger partial charge in [0, 0.05) is 0 Å². The van der Waals surface area contributed by atoms with E-state index in [1.807, 2.05) is 13.8 Å². The molecule has 16 heavy (non-hydrogen) atoms. The van der Waals surface area contributed by atoms with E-state index in [1.54, 1.807) is 6.08 Å². The first-order valence-corrected chi connectivity index (χ1v) is 5.52. The van der Waals surface area contributed by atoms with Crippen LogP contribution in [0, 0.1) is 5.92 Å². The number of halogens is 1. The van der Waals surface area contributed by atoms with Crippen LogP contribution in [0.1, 0.15) is 13.8 Å². The van der Waals surface area contributed by atoms with Crippen molar-refractivity contribution in [1.82, 2.24) is 0 Å². The molecule has 0 heterocycles. The van der Waals surface area contributed by atoms with Crippen molar-refractivity contribution in [2.24, 2.45) is 17.4 Å². The summed E-state index contributed by atoms with van der Waals surface area (Å²) in [7, 11) is 0. The summed E-state index contributed by atoms with van der Waals surface area (Å²) in [6.07, 6.45) is 4.57. The van der Waals surface area contributed by atoms with Crippen molar-refractivity contribution >= 4 is 17.6 Å². The molecule has 4 N–H and O–H groups in total. The lowest BCUT2D eigenvalue weighted by molar-refractivity contribution is -0.139. The van der Waals surface area contributed by atoms with E-state index in [0.717, 1.165) is 0 Å². The van der Waals surface area contributed by atoms with Gasteiger partial charge in [0.1, 0.15) is 5.00 Å². The highest BCUT2D eigenvalue weighted by atomic mass is 35.5. The Morgan fingerprint density at radius 3 is 2.81 bits per heavy atom. The molecule has 0 aliphatic heterocycles. The van der Waals surface area contributed by atoms with Crippen molar-refractivity contribution in [3.8, 4) is 0 Å². The second kappa shape index (κ2) is 4.99. The van der Waals surface area contributed by atoms with Crippen molar-refractivity contribution in [2.45, 2.75) is 24.9 Å². The molecule has 0 bridgehead atoms. The molecule has 2 atom stereocenters. The van der Waals surface area contributed by atoms with Gasteiger partial charge in [0.15, 0.2) is 0 Å². The molecular formula is C11H17ClN2O2. The Bertz CT molecular complexity index is 335. The molecule has 5 heteroatoms. The van der Waals surface area contributed by atoms with Crippen molar-refractivity contribution in [3.63, 3.8) is 0 Å². The number of hydrogen-bond donors (Lipinski definition) is 2. The number of ether oxygens (including phenoxy) is 1. The summed E-state index contributed by atoms with van der Waals surface area (Å²) in [5, 5.41) is 0. The zero-order valence-corrected chi connectivity index (χ0v) is 10.2. The van der Waals surface area contributed by atoms with Crippen LogP contribution < -0.4 is 11.5 Å². The lowest BCUT2D eigenvalue weighted by Gasteiger charge is -2.26. The van der Waals surface area contributed by atoms with Crippen molar-refractivity contribution in [2.75, 3.05) is 6.61 Å². The normalized spacial score (nSPS) is 29.1. The van der Waals surface area contributed by atoms with Crippen molar-refractivity contribution < 1.29 is 9.53 Å². The number of hydrogen-bond acceptors (Lipinski definition) is 4. The molecule has 0 saturated carbocycles. The standard InChI is InChI=1S/C11H17ClN2O2/c1-7(2)6-16-10(15)8-3-4-11(12,14)9(13)5-8/h3-5,7,9H,6,13-14H2,1-2H3. The fourth-order valence-electron chi connectivity index (χ4n) is 1.17. The van der Waals surface area contributed by atoms with Crippen molar-refractivity contribution in [3.05, 3.63) is 23.8 Å². The highest BCUT2D eigenvalue weighted by Gasteiger charge is 2.30. The quantitative estimate of drug-likeness (QED) is 0.439. The van der Waals surface area contributed by atoms with Gasteiger partial charge in [-0.3, -0.25) is 0 Å². The molecule has 0 radical (unpaired) electrons. The van der Waals surface area contributed by atoms with Crippen LogP contribution >= 0.6 is 11.6 Å². The molecule has 4 nitrogen and oxygen atoms in total. The van der Waals surface area contributed by atoms with E-state index in [1.165, 1.54) is 12.2 Å². The maximum Gasteiger partial charge on any atom is 0.337 e. The second-order valence-corrected chi connectivity index (χ2v) is 4.96. The van der Waals surface area contributed by atoms with Crippen LogP contribution in [0.5, 0.6) is 0 Å². The van der Waals surface area contributed by atoms with Gasteiger partial charge in [0.05, 0.1) is 18.2 Å². The fraction of sp³-hybridized carbons (Fsp3) is 0.545. The zero-order valence-electron chi connectivity index (χ0n) is 9.44. The van der Waals surface area contributed by atoms with Crippen LogP contribution in [0.3, 0.4) is 0 Å². The maximum absolute atomic E-state index is 11.6. The Morgan fingerprint density at radius 1 is 1.69 bits per heavy atom. The number of nitrogens with two attached hydrogens (primary N) is 2. The summed E-state index contributed by atoms with van der Waals surface area (Å²) < 4.78 is 5.06. The summed E-state index contributed by atoms with van der Waals surface area (Å²) in [6, 6.07) is -0.597. The zero-order chi connectivity index (χ0) is 12.3. The third kappa shape index (κ3) is 3.33. The molecule has 0 fully saturated rings. The number of esters is 1. The predicted molar refractivity (Wildman–Crippen MR) is 63.8 cm³/mol. The van der Waals surface area contributed by atoms with E-state index >= 15 is 0 Å². The molecule has 1 aliphatic rings. The van der Waals surface area contributed by atoms with Gasteiger partial charge in [-0.2, -0.15) is 0 Å². The van der Waals surface area contributed by atoms with E-state index < -0.39 is 17.0 Å². The number of rotatable bonds is 3. The first kappa shape index (κ1) is 13.2. The monoisotopic (exact) mass is 244 g/mol. The van der Waals surface area contributed by atoms with Gasteiger partial charge in [-0.15, -0.1) is 0 Å². The smallest absolute Gasteiger partial charge is 0.337 e. The van der Waals surface area contributed by atoms with E-state index in [9.17, 15) is 4.79 Å². The Balaban J connectivity index is 2.63. The molecule has 0 amide bonds. The number of carbonyl (C=O) groups is 1. The molecule has 90 valence electrons. The van der Waals surface area contributed by atoms with Crippen molar-refractivity contribution in [1.29, 1.82) is 0 Å². The Kier molecular flexibility index (Phi) is 4.13. The molecule has 0 spiro atoms. The number of carbonyl (C=O) groups excluding carboxylic acids is 1. The average Bonchev–Trinajstić information content (AvgIpc) is 2.18. The third-order valence-corrected chi connectivity index (χ3v) is 2.55. The SMILES string of the molecule is CC(C)COC(=O)C1=CC(N)C(N)(Cl)C=C1. The van der Waals surface area contributed by atoms with Gasteiger partial charge in [0.25, 0.3) is 0 Å². The van der Waals surface area contributed by atoms with Gasteiger partial charge >= 0.3 is 5.97 Å². The van der Waals surface area contributed by atoms with Crippen LogP contribution in [0.4, 0.5) is 0 Å². The molecule has 1 aliphatic carbocycles. The van der Waals surface area contributed by atoms with E-state index in [2.05, 4.69) is 0 Å². The van der Waals surface area contributed by atoms with E-state index in [-0.39, 0.29) is 0 Å². The maximum atomic E-state index is 11.6. The van der Waals surface area contributed by atoms with Gasteiger partial charge in [-0.1, -0.05) is 25.4 Å². The summed E-state index contributed by atoms with van der Waals surface area (Å²) >= 11 is 5.89. The molecule has 0 aromatic rings. The highest BCUT2D eigenvalue weighted by molar-refractivity contribution is 6.25. The van der Waals surface area contributed by atoms with E-state index in [4.69, 9.17) is 27.8 Å².